The van der Waals surface area contributed by atoms with E-state index in [1.54, 1.807) is 0 Å². The molecule has 0 aliphatic rings. The van der Waals surface area contributed by atoms with Crippen molar-refractivity contribution in [2.75, 3.05) is 6.54 Å². The van der Waals surface area contributed by atoms with Crippen molar-refractivity contribution in [1.82, 2.24) is 0 Å². The fraction of sp³-hybridized carbons (Fsp3) is 0.273. The minimum absolute atomic E-state index is 0.0593. The Kier molecular flexibility index (Phi) is 4.58. The number of hydrogen-bond donors (Lipinski definition) is 1. The molecule has 13 heavy (non-hydrogen) atoms. The van der Waals surface area contributed by atoms with Gasteiger partial charge in [0.1, 0.15) is 0 Å². The van der Waals surface area contributed by atoms with E-state index in [-0.39, 0.29) is 5.38 Å². The molecule has 0 spiro atoms. The zero-order valence-electron chi connectivity index (χ0n) is 7.49. The van der Waals surface area contributed by atoms with Gasteiger partial charge in [-0.05, 0) is 12.0 Å². The highest BCUT2D eigenvalue weighted by Gasteiger charge is 2.03. The summed E-state index contributed by atoms with van der Waals surface area (Å²) in [5.74, 6) is 0. The van der Waals surface area contributed by atoms with Gasteiger partial charge in [0, 0.05) is 6.54 Å². The number of rotatable bonds is 4. The largest absolute Gasteiger partial charge is 0.327 e. The van der Waals surface area contributed by atoms with Gasteiger partial charge in [0.05, 0.1) is 5.38 Å². The van der Waals surface area contributed by atoms with Crippen molar-refractivity contribution < 1.29 is 0 Å². The molecule has 70 valence electrons. The van der Waals surface area contributed by atoms with Crippen molar-refractivity contribution in [1.29, 1.82) is 0 Å². The lowest BCUT2D eigenvalue weighted by atomic mass is 10.1. The first-order valence-electron chi connectivity index (χ1n) is 4.38. The Labute approximate surface area is 84.2 Å². The Bertz CT molecular complexity index is 256. The molecule has 0 aromatic heterocycles. The lowest BCUT2D eigenvalue weighted by Crippen LogP contribution is -1.93. The Morgan fingerprint density at radius 2 is 1.92 bits per heavy atom. The molecule has 1 rings (SSSR count). The molecule has 0 saturated carbocycles. The Morgan fingerprint density at radius 3 is 2.54 bits per heavy atom. The molecule has 1 atom stereocenters. The van der Waals surface area contributed by atoms with Gasteiger partial charge < -0.3 is 5.73 Å². The molecular weight excluding hydrogens is 182 g/mol. The molecule has 0 radical (unpaired) electrons. The van der Waals surface area contributed by atoms with E-state index in [1.165, 1.54) is 0 Å². The fourth-order valence-electron chi connectivity index (χ4n) is 1.11. The summed E-state index contributed by atoms with van der Waals surface area (Å²) in [5, 5.41) is 0.0593. The van der Waals surface area contributed by atoms with Crippen LogP contribution in [0.25, 0.3) is 0 Å². The second kappa shape index (κ2) is 5.79. The van der Waals surface area contributed by atoms with Crippen molar-refractivity contribution in [3.05, 3.63) is 48.0 Å². The number of nitrogens with two attached hydrogens (primary N) is 1. The van der Waals surface area contributed by atoms with Gasteiger partial charge in [0.25, 0.3) is 0 Å². The van der Waals surface area contributed by atoms with Crippen LogP contribution in [0.5, 0.6) is 0 Å². The van der Waals surface area contributed by atoms with Gasteiger partial charge in [-0.2, -0.15) is 0 Å². The van der Waals surface area contributed by atoms with Crippen LogP contribution in [-0.2, 0) is 0 Å². The minimum atomic E-state index is 0.0593. The molecule has 0 saturated heterocycles. The minimum Gasteiger partial charge on any atom is -0.327 e. The Balaban J connectivity index is 2.49. The number of alkyl halides is 1. The van der Waals surface area contributed by atoms with Crippen LogP contribution >= 0.6 is 11.6 Å². The lowest BCUT2D eigenvalue weighted by molar-refractivity contribution is 0.951. The molecule has 1 aromatic rings. The van der Waals surface area contributed by atoms with Gasteiger partial charge in [0.2, 0.25) is 0 Å². The van der Waals surface area contributed by atoms with Crippen molar-refractivity contribution >= 4 is 11.6 Å². The third-order valence-corrected chi connectivity index (χ3v) is 2.24. The van der Waals surface area contributed by atoms with Crippen LogP contribution in [0.2, 0.25) is 0 Å². The molecule has 1 aromatic carbocycles. The summed E-state index contributed by atoms with van der Waals surface area (Å²) < 4.78 is 0. The van der Waals surface area contributed by atoms with E-state index in [4.69, 9.17) is 17.3 Å². The van der Waals surface area contributed by atoms with Crippen LogP contribution in [-0.4, -0.2) is 6.54 Å². The topological polar surface area (TPSA) is 26.0 Å². The Morgan fingerprint density at radius 1 is 1.23 bits per heavy atom. The molecular formula is C11H14ClN. The van der Waals surface area contributed by atoms with Gasteiger partial charge in [-0.1, -0.05) is 42.5 Å². The van der Waals surface area contributed by atoms with E-state index in [1.807, 2.05) is 42.5 Å². The highest BCUT2D eigenvalue weighted by Crippen LogP contribution is 2.23. The van der Waals surface area contributed by atoms with E-state index in [0.717, 1.165) is 12.0 Å². The predicted octanol–water partition coefficient (Wildman–Crippen LogP) is 2.87. The van der Waals surface area contributed by atoms with Crippen molar-refractivity contribution in [2.24, 2.45) is 5.73 Å². The Hall–Kier alpha value is -0.790. The first kappa shape index (κ1) is 10.3. The maximum Gasteiger partial charge on any atom is 0.0619 e. The zero-order chi connectivity index (χ0) is 9.52. The van der Waals surface area contributed by atoms with E-state index in [9.17, 15) is 0 Å². The van der Waals surface area contributed by atoms with Crippen LogP contribution in [0.1, 0.15) is 17.4 Å². The average Bonchev–Trinajstić information content (AvgIpc) is 2.19. The highest BCUT2D eigenvalue weighted by atomic mass is 35.5. The summed E-state index contributed by atoms with van der Waals surface area (Å²) in [4.78, 5) is 0. The molecule has 2 heteroatoms. The average molecular weight is 196 g/mol. The van der Waals surface area contributed by atoms with Gasteiger partial charge in [-0.15, -0.1) is 11.6 Å². The van der Waals surface area contributed by atoms with Gasteiger partial charge in [-0.25, -0.2) is 0 Å². The number of hydrogen-bond acceptors (Lipinski definition) is 1. The van der Waals surface area contributed by atoms with Crippen LogP contribution < -0.4 is 5.73 Å². The van der Waals surface area contributed by atoms with Crippen LogP contribution in [0.4, 0.5) is 0 Å². The normalized spacial score (nSPS) is 13.4. The summed E-state index contributed by atoms with van der Waals surface area (Å²) >= 11 is 6.15. The summed E-state index contributed by atoms with van der Waals surface area (Å²) in [6.45, 7) is 0.582. The molecule has 0 heterocycles. The van der Waals surface area contributed by atoms with Gasteiger partial charge in [-0.3, -0.25) is 0 Å². The quantitative estimate of drug-likeness (QED) is 0.580. The first-order valence-corrected chi connectivity index (χ1v) is 4.82. The summed E-state index contributed by atoms with van der Waals surface area (Å²) in [7, 11) is 0. The number of benzene rings is 1. The van der Waals surface area contributed by atoms with Gasteiger partial charge in [0.15, 0.2) is 0 Å². The number of allylic oxidation sites excluding steroid dienone is 1. The van der Waals surface area contributed by atoms with Crippen LogP contribution in [0, 0.1) is 0 Å². The fourth-order valence-corrected chi connectivity index (χ4v) is 1.36. The SMILES string of the molecule is NC/C=C/CC(Cl)c1ccccc1. The van der Waals surface area contributed by atoms with Crippen LogP contribution in [0.3, 0.4) is 0 Å². The van der Waals surface area contributed by atoms with E-state index < -0.39 is 0 Å². The smallest absolute Gasteiger partial charge is 0.0619 e. The third kappa shape index (κ3) is 3.62. The van der Waals surface area contributed by atoms with Gasteiger partial charge >= 0.3 is 0 Å². The summed E-state index contributed by atoms with van der Waals surface area (Å²) in [5.41, 5.74) is 6.48. The van der Waals surface area contributed by atoms with Crippen molar-refractivity contribution in [3.8, 4) is 0 Å². The lowest BCUT2D eigenvalue weighted by Gasteiger charge is -2.05. The molecule has 1 nitrogen and oxygen atoms in total. The molecule has 0 amide bonds. The second-order valence-corrected chi connectivity index (χ2v) is 3.35. The third-order valence-electron chi connectivity index (χ3n) is 1.81. The number of halogens is 1. The molecule has 2 N–H and O–H groups in total. The molecule has 0 aliphatic carbocycles. The molecule has 0 bridgehead atoms. The molecule has 0 fully saturated rings. The summed E-state index contributed by atoms with van der Waals surface area (Å²) in [6.07, 6.45) is 4.78. The van der Waals surface area contributed by atoms with E-state index in [0.29, 0.717) is 6.54 Å². The maximum absolute atomic E-state index is 6.15. The van der Waals surface area contributed by atoms with Crippen LogP contribution in [0.15, 0.2) is 42.5 Å². The van der Waals surface area contributed by atoms with E-state index >= 15 is 0 Å². The zero-order valence-corrected chi connectivity index (χ0v) is 8.24. The van der Waals surface area contributed by atoms with Crippen molar-refractivity contribution in [2.45, 2.75) is 11.8 Å². The predicted molar refractivity (Wildman–Crippen MR) is 57.8 cm³/mol. The maximum atomic E-state index is 6.15. The molecule has 0 aliphatic heterocycles. The molecule has 1 unspecified atom stereocenters. The first-order chi connectivity index (χ1) is 6.34. The second-order valence-electron chi connectivity index (χ2n) is 2.82. The standard InChI is InChI=1S/C11H14ClN/c12-11(8-4-5-9-13)10-6-2-1-3-7-10/h1-7,11H,8-9,13H2/b5-4+. The monoisotopic (exact) mass is 195 g/mol. The summed E-state index contributed by atoms with van der Waals surface area (Å²) in [6, 6.07) is 10.1. The van der Waals surface area contributed by atoms with Crippen molar-refractivity contribution in [3.63, 3.8) is 0 Å². The highest BCUT2D eigenvalue weighted by molar-refractivity contribution is 6.20. The van der Waals surface area contributed by atoms with E-state index in [2.05, 4.69) is 0 Å².